The van der Waals surface area contributed by atoms with Crippen molar-refractivity contribution in [1.29, 1.82) is 0 Å². The highest BCUT2D eigenvalue weighted by Crippen LogP contribution is 2.30. The molecule has 2 fully saturated rings. The number of rotatable bonds is 1. The molecule has 0 aromatic rings. The second-order valence-corrected chi connectivity index (χ2v) is 4.54. The molecule has 2 aliphatic rings. The van der Waals surface area contributed by atoms with Crippen molar-refractivity contribution < 1.29 is 14.3 Å². The molecule has 1 saturated heterocycles. The van der Waals surface area contributed by atoms with Gasteiger partial charge in [-0.05, 0) is 12.8 Å². The molecule has 1 heterocycles. The first kappa shape index (κ1) is 10.9. The normalized spacial score (nSPS) is 30.1. The van der Waals surface area contributed by atoms with Crippen LogP contribution in [0.4, 0.5) is 0 Å². The topological polar surface area (TPSA) is 47.6 Å². The van der Waals surface area contributed by atoms with E-state index in [0.717, 1.165) is 0 Å². The van der Waals surface area contributed by atoms with E-state index >= 15 is 0 Å². The average Bonchev–Trinajstić information content (AvgIpc) is 2.30. The summed E-state index contributed by atoms with van der Waals surface area (Å²) in [5.74, 6) is -0.270. The maximum absolute atomic E-state index is 11.3. The molecule has 1 aliphatic carbocycles. The van der Waals surface area contributed by atoms with E-state index in [-0.39, 0.29) is 11.5 Å². The second-order valence-electron chi connectivity index (χ2n) is 4.54. The zero-order chi connectivity index (χ0) is 10.7. The third-order valence-electron chi connectivity index (χ3n) is 3.50. The van der Waals surface area contributed by atoms with Crippen LogP contribution in [-0.4, -0.2) is 37.9 Å². The van der Waals surface area contributed by atoms with Gasteiger partial charge in [-0.2, -0.15) is 0 Å². The van der Waals surface area contributed by atoms with E-state index in [4.69, 9.17) is 4.74 Å². The smallest absolute Gasteiger partial charge is 0.336 e. The predicted octanol–water partition coefficient (Wildman–Crippen LogP) is 0.851. The number of nitrogens with one attached hydrogen (secondary N) is 1. The molecule has 1 aliphatic heterocycles. The van der Waals surface area contributed by atoms with Gasteiger partial charge < -0.3 is 14.8 Å². The highest BCUT2D eigenvalue weighted by Gasteiger charge is 2.38. The SMILES string of the molecule is COC(=O)C1CNC2(CCCCC2)CO1. The van der Waals surface area contributed by atoms with Crippen LogP contribution >= 0.6 is 0 Å². The van der Waals surface area contributed by atoms with E-state index < -0.39 is 6.10 Å². The van der Waals surface area contributed by atoms with E-state index in [1.807, 2.05) is 0 Å². The van der Waals surface area contributed by atoms with Gasteiger partial charge in [0.25, 0.3) is 0 Å². The Hall–Kier alpha value is -0.610. The lowest BCUT2D eigenvalue weighted by atomic mass is 9.81. The summed E-state index contributed by atoms with van der Waals surface area (Å²) in [6, 6.07) is 0. The summed E-state index contributed by atoms with van der Waals surface area (Å²) in [6.45, 7) is 1.24. The van der Waals surface area contributed by atoms with Crippen molar-refractivity contribution in [3.05, 3.63) is 0 Å². The molecule has 0 aromatic carbocycles. The van der Waals surface area contributed by atoms with Crippen LogP contribution in [0.15, 0.2) is 0 Å². The van der Waals surface area contributed by atoms with Gasteiger partial charge >= 0.3 is 5.97 Å². The largest absolute Gasteiger partial charge is 0.467 e. The van der Waals surface area contributed by atoms with Gasteiger partial charge in [-0.25, -0.2) is 4.79 Å². The Balaban J connectivity index is 1.88. The van der Waals surface area contributed by atoms with E-state index in [0.29, 0.717) is 13.2 Å². The fourth-order valence-corrected chi connectivity index (χ4v) is 2.51. The Morgan fingerprint density at radius 1 is 1.40 bits per heavy atom. The van der Waals surface area contributed by atoms with E-state index in [9.17, 15) is 4.79 Å². The van der Waals surface area contributed by atoms with Gasteiger partial charge in [0, 0.05) is 12.1 Å². The van der Waals surface area contributed by atoms with Gasteiger partial charge in [-0.1, -0.05) is 19.3 Å². The summed E-state index contributed by atoms with van der Waals surface area (Å²) in [6.07, 6.45) is 5.77. The third kappa shape index (κ3) is 2.32. The molecule has 0 amide bonds. The molecule has 2 rings (SSSR count). The van der Waals surface area contributed by atoms with Gasteiger partial charge in [0.05, 0.1) is 13.7 Å². The van der Waals surface area contributed by atoms with Gasteiger partial charge in [0.15, 0.2) is 6.10 Å². The molecular weight excluding hydrogens is 194 g/mol. The molecule has 0 radical (unpaired) electrons. The van der Waals surface area contributed by atoms with Crippen LogP contribution in [0.5, 0.6) is 0 Å². The molecule has 1 saturated carbocycles. The molecule has 1 atom stereocenters. The molecule has 4 nitrogen and oxygen atoms in total. The zero-order valence-electron chi connectivity index (χ0n) is 9.25. The van der Waals surface area contributed by atoms with Crippen molar-refractivity contribution in [3.63, 3.8) is 0 Å². The molecule has 86 valence electrons. The summed E-state index contributed by atoms with van der Waals surface area (Å²) >= 11 is 0. The number of carbonyl (C=O) groups excluding carboxylic acids is 1. The number of methoxy groups -OCH3 is 1. The van der Waals surface area contributed by atoms with Gasteiger partial charge in [0.2, 0.25) is 0 Å². The van der Waals surface area contributed by atoms with Crippen molar-refractivity contribution in [1.82, 2.24) is 5.32 Å². The lowest BCUT2D eigenvalue weighted by Gasteiger charge is -2.43. The standard InChI is InChI=1S/C11H19NO3/c1-14-10(13)9-7-12-11(8-15-9)5-3-2-4-6-11/h9,12H,2-8H2,1H3. The Kier molecular flexibility index (Phi) is 3.26. The summed E-state index contributed by atoms with van der Waals surface area (Å²) in [5, 5.41) is 3.47. The minimum absolute atomic E-state index is 0.142. The fourth-order valence-electron chi connectivity index (χ4n) is 2.51. The van der Waals surface area contributed by atoms with Crippen molar-refractivity contribution in [2.75, 3.05) is 20.3 Å². The second kappa shape index (κ2) is 4.49. The van der Waals surface area contributed by atoms with Crippen LogP contribution in [0.3, 0.4) is 0 Å². The van der Waals surface area contributed by atoms with Crippen molar-refractivity contribution >= 4 is 5.97 Å². The molecule has 1 spiro atoms. The highest BCUT2D eigenvalue weighted by molar-refractivity contribution is 5.75. The fraction of sp³-hybridized carbons (Fsp3) is 0.909. The Labute approximate surface area is 90.3 Å². The molecule has 1 N–H and O–H groups in total. The van der Waals surface area contributed by atoms with Gasteiger partial charge in [-0.15, -0.1) is 0 Å². The van der Waals surface area contributed by atoms with E-state index in [2.05, 4.69) is 10.1 Å². The van der Waals surface area contributed by atoms with E-state index in [1.165, 1.54) is 39.2 Å². The minimum Gasteiger partial charge on any atom is -0.467 e. The number of morpholine rings is 1. The summed E-state index contributed by atoms with van der Waals surface area (Å²) < 4.78 is 10.2. The van der Waals surface area contributed by atoms with E-state index in [1.54, 1.807) is 0 Å². The van der Waals surface area contributed by atoms with Crippen LogP contribution in [0.2, 0.25) is 0 Å². The number of ether oxygens (including phenoxy) is 2. The summed E-state index contributed by atoms with van der Waals surface area (Å²) in [5.41, 5.74) is 0.142. The molecule has 4 heteroatoms. The molecular formula is C11H19NO3. The van der Waals surface area contributed by atoms with Gasteiger partial charge in [0.1, 0.15) is 0 Å². The van der Waals surface area contributed by atoms with Crippen LogP contribution in [0, 0.1) is 0 Å². The Morgan fingerprint density at radius 2 is 2.13 bits per heavy atom. The number of esters is 1. The zero-order valence-corrected chi connectivity index (χ0v) is 9.25. The van der Waals surface area contributed by atoms with Crippen LogP contribution in [-0.2, 0) is 14.3 Å². The summed E-state index contributed by atoms with van der Waals surface area (Å²) in [7, 11) is 1.40. The first-order chi connectivity index (χ1) is 7.26. The van der Waals surface area contributed by atoms with Crippen molar-refractivity contribution in [2.45, 2.75) is 43.7 Å². The first-order valence-corrected chi connectivity index (χ1v) is 5.70. The lowest BCUT2D eigenvalue weighted by Crippen LogP contribution is -2.59. The lowest BCUT2D eigenvalue weighted by molar-refractivity contribution is -0.160. The van der Waals surface area contributed by atoms with Crippen molar-refractivity contribution in [2.24, 2.45) is 0 Å². The molecule has 0 bridgehead atoms. The molecule has 0 aromatic heterocycles. The maximum Gasteiger partial charge on any atom is 0.336 e. The Bertz CT molecular complexity index is 226. The Morgan fingerprint density at radius 3 is 2.67 bits per heavy atom. The highest BCUT2D eigenvalue weighted by atomic mass is 16.6. The van der Waals surface area contributed by atoms with Crippen LogP contribution in [0.1, 0.15) is 32.1 Å². The summed E-state index contributed by atoms with van der Waals surface area (Å²) in [4.78, 5) is 11.3. The number of carbonyl (C=O) groups is 1. The monoisotopic (exact) mass is 213 g/mol. The molecule has 1 unspecified atom stereocenters. The van der Waals surface area contributed by atoms with Crippen LogP contribution in [0.25, 0.3) is 0 Å². The molecule has 15 heavy (non-hydrogen) atoms. The van der Waals surface area contributed by atoms with Crippen molar-refractivity contribution in [3.8, 4) is 0 Å². The predicted molar refractivity (Wildman–Crippen MR) is 55.6 cm³/mol. The number of hydrogen-bond acceptors (Lipinski definition) is 4. The minimum atomic E-state index is -0.414. The maximum atomic E-state index is 11.3. The average molecular weight is 213 g/mol. The quantitative estimate of drug-likeness (QED) is 0.656. The number of hydrogen-bond donors (Lipinski definition) is 1. The first-order valence-electron chi connectivity index (χ1n) is 5.70. The van der Waals surface area contributed by atoms with Crippen LogP contribution < -0.4 is 5.32 Å². The van der Waals surface area contributed by atoms with Gasteiger partial charge in [-0.3, -0.25) is 0 Å². The third-order valence-corrected chi connectivity index (χ3v) is 3.50.